The van der Waals surface area contributed by atoms with Crippen molar-refractivity contribution >= 4 is 28.1 Å². The average molecular weight is 393 g/mol. The number of benzene rings is 2. The van der Waals surface area contributed by atoms with Gasteiger partial charge in [0.05, 0.1) is 20.4 Å². The van der Waals surface area contributed by atoms with Crippen LogP contribution in [0.2, 0.25) is 0 Å². The summed E-state index contributed by atoms with van der Waals surface area (Å²) in [4.78, 5) is 11.7. The molecule has 0 aliphatic rings. The lowest BCUT2D eigenvalue weighted by molar-refractivity contribution is -0.123. The minimum absolute atomic E-state index is 0.136. The minimum Gasteiger partial charge on any atom is -0.497 e. The molecule has 0 saturated carbocycles. The Morgan fingerprint density at radius 2 is 1.71 bits per heavy atom. The maximum absolute atomic E-state index is 11.7. The lowest BCUT2D eigenvalue weighted by Gasteiger charge is -2.06. The molecule has 0 fully saturated rings. The van der Waals surface area contributed by atoms with Gasteiger partial charge in [-0.2, -0.15) is 5.10 Å². The van der Waals surface area contributed by atoms with Crippen molar-refractivity contribution in [1.29, 1.82) is 0 Å². The van der Waals surface area contributed by atoms with Crippen LogP contribution in [0, 0.1) is 0 Å². The molecule has 7 heteroatoms. The highest BCUT2D eigenvalue weighted by Crippen LogP contribution is 2.20. The van der Waals surface area contributed by atoms with E-state index >= 15 is 0 Å². The third-order valence-electron chi connectivity index (χ3n) is 3.03. The third kappa shape index (κ3) is 5.27. The number of carbonyl (C=O) groups is 1. The molecule has 0 aromatic heterocycles. The zero-order valence-corrected chi connectivity index (χ0v) is 14.9. The zero-order valence-electron chi connectivity index (χ0n) is 13.3. The van der Waals surface area contributed by atoms with E-state index in [0.717, 1.165) is 15.8 Å². The Morgan fingerprint density at radius 3 is 2.38 bits per heavy atom. The van der Waals surface area contributed by atoms with E-state index in [-0.39, 0.29) is 12.5 Å². The Balaban J connectivity index is 1.84. The summed E-state index contributed by atoms with van der Waals surface area (Å²) in [6.07, 6.45) is 1.53. The quantitative estimate of drug-likeness (QED) is 0.580. The van der Waals surface area contributed by atoms with Crippen LogP contribution in [0.1, 0.15) is 5.56 Å². The maximum atomic E-state index is 11.7. The molecule has 2 rings (SSSR count). The van der Waals surface area contributed by atoms with Crippen LogP contribution in [0.3, 0.4) is 0 Å². The van der Waals surface area contributed by atoms with Crippen molar-refractivity contribution < 1.29 is 19.0 Å². The van der Waals surface area contributed by atoms with Crippen molar-refractivity contribution in [2.45, 2.75) is 0 Å². The zero-order chi connectivity index (χ0) is 17.4. The fourth-order valence-corrected chi connectivity index (χ4v) is 2.12. The summed E-state index contributed by atoms with van der Waals surface area (Å²) in [6, 6.07) is 12.4. The number of amides is 1. The molecule has 2 aromatic carbocycles. The smallest absolute Gasteiger partial charge is 0.277 e. The van der Waals surface area contributed by atoms with Crippen LogP contribution >= 0.6 is 15.9 Å². The number of hydrazone groups is 1. The molecule has 0 saturated heterocycles. The standard InChI is InChI=1S/C17H17BrN2O4/c1-22-13-3-5-14(6-4-13)24-11-17(21)20-19-10-12-9-15(23-2)7-8-16(12)18/h3-10H,11H2,1-2H3,(H,20,21)/b19-10-. The molecule has 126 valence electrons. The Labute approximate surface area is 148 Å². The first-order valence-corrected chi connectivity index (χ1v) is 7.84. The van der Waals surface area contributed by atoms with Crippen LogP contribution in [0.15, 0.2) is 52.0 Å². The number of nitrogens with one attached hydrogen (secondary N) is 1. The number of methoxy groups -OCH3 is 2. The predicted octanol–water partition coefficient (Wildman–Crippen LogP) is 3.00. The van der Waals surface area contributed by atoms with Gasteiger partial charge in [-0.3, -0.25) is 4.79 Å². The number of carbonyl (C=O) groups excluding carboxylic acids is 1. The predicted molar refractivity (Wildman–Crippen MR) is 94.9 cm³/mol. The van der Waals surface area contributed by atoms with Crippen LogP contribution in [0.5, 0.6) is 17.2 Å². The highest BCUT2D eigenvalue weighted by Gasteiger charge is 2.03. The van der Waals surface area contributed by atoms with Crippen molar-refractivity contribution in [2.24, 2.45) is 5.10 Å². The van der Waals surface area contributed by atoms with Gasteiger partial charge in [-0.25, -0.2) is 5.43 Å². The second-order valence-corrected chi connectivity index (χ2v) is 5.50. The first-order valence-electron chi connectivity index (χ1n) is 7.04. The average Bonchev–Trinajstić information content (AvgIpc) is 2.62. The molecule has 1 N–H and O–H groups in total. The Kier molecular flexibility index (Phi) is 6.62. The topological polar surface area (TPSA) is 69.2 Å². The monoisotopic (exact) mass is 392 g/mol. The van der Waals surface area contributed by atoms with Crippen LogP contribution < -0.4 is 19.6 Å². The van der Waals surface area contributed by atoms with Crippen LogP contribution in [-0.2, 0) is 4.79 Å². The molecular formula is C17H17BrN2O4. The van der Waals surface area contributed by atoms with Gasteiger partial charge in [0.2, 0.25) is 0 Å². The molecule has 0 radical (unpaired) electrons. The van der Waals surface area contributed by atoms with E-state index in [0.29, 0.717) is 11.5 Å². The molecule has 0 spiro atoms. The Morgan fingerprint density at radius 1 is 1.08 bits per heavy atom. The fraction of sp³-hybridized carbons (Fsp3) is 0.176. The number of halogens is 1. The molecule has 0 atom stereocenters. The van der Waals surface area contributed by atoms with Gasteiger partial charge < -0.3 is 14.2 Å². The summed E-state index contributed by atoms with van der Waals surface area (Å²) in [5.74, 6) is 1.64. The largest absolute Gasteiger partial charge is 0.497 e. The van der Waals surface area contributed by atoms with E-state index in [1.54, 1.807) is 44.6 Å². The van der Waals surface area contributed by atoms with E-state index < -0.39 is 0 Å². The van der Waals surface area contributed by atoms with Gasteiger partial charge in [-0.1, -0.05) is 15.9 Å². The van der Waals surface area contributed by atoms with Gasteiger partial charge in [0.1, 0.15) is 17.2 Å². The summed E-state index contributed by atoms with van der Waals surface area (Å²) < 4.78 is 16.4. The SMILES string of the molecule is COc1ccc(OCC(=O)N/N=C\c2cc(OC)ccc2Br)cc1. The number of nitrogens with zero attached hydrogens (tertiary/aromatic N) is 1. The maximum Gasteiger partial charge on any atom is 0.277 e. The molecule has 0 bridgehead atoms. The summed E-state index contributed by atoms with van der Waals surface area (Å²) in [5.41, 5.74) is 3.19. The van der Waals surface area contributed by atoms with Gasteiger partial charge in [0.25, 0.3) is 5.91 Å². The van der Waals surface area contributed by atoms with E-state index in [9.17, 15) is 4.79 Å². The first-order chi connectivity index (χ1) is 11.6. The van der Waals surface area contributed by atoms with Crippen molar-refractivity contribution in [3.63, 3.8) is 0 Å². The van der Waals surface area contributed by atoms with Crippen LogP contribution in [0.25, 0.3) is 0 Å². The molecule has 0 unspecified atom stereocenters. The van der Waals surface area contributed by atoms with E-state index in [4.69, 9.17) is 14.2 Å². The summed E-state index contributed by atoms with van der Waals surface area (Å²) in [5, 5.41) is 3.91. The lowest BCUT2D eigenvalue weighted by atomic mass is 10.2. The number of rotatable bonds is 7. The van der Waals surface area contributed by atoms with Gasteiger partial charge in [-0.15, -0.1) is 0 Å². The molecule has 1 amide bonds. The van der Waals surface area contributed by atoms with Crippen LogP contribution in [-0.4, -0.2) is 32.9 Å². The number of ether oxygens (including phenoxy) is 3. The second-order valence-electron chi connectivity index (χ2n) is 4.64. The Bertz CT molecular complexity index is 717. The van der Waals surface area contributed by atoms with Crippen molar-refractivity contribution in [1.82, 2.24) is 5.43 Å². The molecular weight excluding hydrogens is 376 g/mol. The van der Waals surface area contributed by atoms with Crippen molar-refractivity contribution in [3.8, 4) is 17.2 Å². The highest BCUT2D eigenvalue weighted by molar-refractivity contribution is 9.10. The van der Waals surface area contributed by atoms with Gasteiger partial charge in [-0.05, 0) is 42.5 Å². The number of hydrogen-bond donors (Lipinski definition) is 1. The first kappa shape index (κ1) is 17.8. The Hall–Kier alpha value is -2.54. The third-order valence-corrected chi connectivity index (χ3v) is 3.75. The van der Waals surface area contributed by atoms with Gasteiger partial charge >= 0.3 is 0 Å². The molecule has 6 nitrogen and oxygen atoms in total. The lowest BCUT2D eigenvalue weighted by Crippen LogP contribution is -2.24. The molecule has 0 heterocycles. The second kappa shape index (κ2) is 8.93. The van der Waals surface area contributed by atoms with E-state index in [1.165, 1.54) is 6.21 Å². The van der Waals surface area contributed by atoms with E-state index in [1.807, 2.05) is 12.1 Å². The van der Waals surface area contributed by atoms with E-state index in [2.05, 4.69) is 26.5 Å². The van der Waals surface area contributed by atoms with Crippen LogP contribution in [0.4, 0.5) is 0 Å². The van der Waals surface area contributed by atoms with Gasteiger partial charge in [0, 0.05) is 10.0 Å². The molecule has 24 heavy (non-hydrogen) atoms. The summed E-state index contributed by atoms with van der Waals surface area (Å²) >= 11 is 3.41. The molecule has 0 aliphatic heterocycles. The fourth-order valence-electron chi connectivity index (χ4n) is 1.77. The molecule has 0 aliphatic carbocycles. The minimum atomic E-state index is -0.360. The highest BCUT2D eigenvalue weighted by atomic mass is 79.9. The normalized spacial score (nSPS) is 10.5. The number of hydrogen-bond acceptors (Lipinski definition) is 5. The summed E-state index contributed by atoms with van der Waals surface area (Å²) in [7, 11) is 3.17. The summed E-state index contributed by atoms with van der Waals surface area (Å²) in [6.45, 7) is -0.136. The van der Waals surface area contributed by atoms with Crippen molar-refractivity contribution in [3.05, 3.63) is 52.5 Å². The van der Waals surface area contributed by atoms with Gasteiger partial charge in [0.15, 0.2) is 6.61 Å². The van der Waals surface area contributed by atoms with Crippen molar-refractivity contribution in [2.75, 3.05) is 20.8 Å². The molecule has 2 aromatic rings.